The van der Waals surface area contributed by atoms with Crippen LogP contribution in [-0.4, -0.2) is 10.9 Å². The highest BCUT2D eigenvalue weighted by Crippen LogP contribution is 2.22. The van der Waals surface area contributed by atoms with Gasteiger partial charge < -0.3 is 5.32 Å². The first-order valence-electron chi connectivity index (χ1n) is 6.26. The Morgan fingerprint density at radius 3 is 2.67 bits per heavy atom. The second-order valence-electron chi connectivity index (χ2n) is 4.43. The molecule has 0 aliphatic rings. The molecule has 104 valence electrons. The molecule has 0 aliphatic carbocycles. The van der Waals surface area contributed by atoms with E-state index in [1.165, 1.54) is 12.1 Å². The summed E-state index contributed by atoms with van der Waals surface area (Å²) in [6.07, 6.45) is 1.64. The summed E-state index contributed by atoms with van der Waals surface area (Å²) in [7, 11) is 0. The first-order valence-corrected chi connectivity index (χ1v) is 6.26. The normalized spacial score (nSPS) is 10.6. The van der Waals surface area contributed by atoms with Crippen molar-refractivity contribution < 1.29 is 13.6 Å². The molecule has 3 rings (SSSR count). The molecule has 0 spiro atoms. The molecule has 2 aromatic carbocycles. The van der Waals surface area contributed by atoms with Crippen LogP contribution in [0.2, 0.25) is 0 Å². The van der Waals surface area contributed by atoms with Crippen LogP contribution in [0, 0.1) is 11.6 Å². The maximum atomic E-state index is 13.6. The molecule has 0 bridgehead atoms. The van der Waals surface area contributed by atoms with E-state index in [1.54, 1.807) is 36.5 Å². The number of hydrogen-bond donors (Lipinski definition) is 1. The third-order valence-electron chi connectivity index (χ3n) is 3.09. The van der Waals surface area contributed by atoms with E-state index < -0.39 is 17.5 Å². The van der Waals surface area contributed by atoms with Gasteiger partial charge in [0.05, 0.1) is 16.8 Å². The van der Waals surface area contributed by atoms with Gasteiger partial charge >= 0.3 is 0 Å². The van der Waals surface area contributed by atoms with E-state index in [9.17, 15) is 13.6 Å². The number of carbonyl (C=O) groups excluding carboxylic acids is 1. The fourth-order valence-corrected chi connectivity index (χ4v) is 2.08. The lowest BCUT2D eigenvalue weighted by Crippen LogP contribution is -2.14. The fourth-order valence-electron chi connectivity index (χ4n) is 2.08. The van der Waals surface area contributed by atoms with Crippen LogP contribution >= 0.6 is 0 Å². The molecule has 1 amide bonds. The second kappa shape index (κ2) is 5.28. The van der Waals surface area contributed by atoms with Crippen molar-refractivity contribution in [1.82, 2.24) is 4.98 Å². The first kappa shape index (κ1) is 13.2. The molecule has 0 atom stereocenters. The highest BCUT2D eigenvalue weighted by atomic mass is 19.2. The Bertz CT molecular complexity index is 828. The number of amides is 1. The van der Waals surface area contributed by atoms with Gasteiger partial charge in [0.15, 0.2) is 11.6 Å². The number of pyridine rings is 1. The van der Waals surface area contributed by atoms with Crippen molar-refractivity contribution in [3.63, 3.8) is 0 Å². The van der Waals surface area contributed by atoms with Gasteiger partial charge in [-0.3, -0.25) is 9.78 Å². The molecule has 0 aliphatic heterocycles. The summed E-state index contributed by atoms with van der Waals surface area (Å²) in [5.74, 6) is -2.92. The van der Waals surface area contributed by atoms with E-state index in [1.807, 2.05) is 0 Å². The van der Waals surface area contributed by atoms with Crippen molar-refractivity contribution in [3.8, 4) is 0 Å². The van der Waals surface area contributed by atoms with Gasteiger partial charge in [0.2, 0.25) is 0 Å². The van der Waals surface area contributed by atoms with Crippen LogP contribution in [0.5, 0.6) is 0 Å². The fraction of sp³-hybridized carbons (Fsp3) is 0. The maximum Gasteiger partial charge on any atom is 0.258 e. The molecule has 21 heavy (non-hydrogen) atoms. The zero-order valence-corrected chi connectivity index (χ0v) is 10.8. The van der Waals surface area contributed by atoms with Crippen molar-refractivity contribution in [2.45, 2.75) is 0 Å². The molecule has 0 unspecified atom stereocenters. The monoisotopic (exact) mass is 284 g/mol. The Morgan fingerprint density at radius 2 is 1.81 bits per heavy atom. The average molecular weight is 284 g/mol. The van der Waals surface area contributed by atoms with Gasteiger partial charge in [0, 0.05) is 11.6 Å². The number of nitrogens with zero attached hydrogens (tertiary/aromatic N) is 1. The van der Waals surface area contributed by atoms with E-state index in [-0.39, 0.29) is 5.56 Å². The molecule has 0 saturated heterocycles. The van der Waals surface area contributed by atoms with Crippen LogP contribution in [0.1, 0.15) is 10.4 Å². The highest BCUT2D eigenvalue weighted by Gasteiger charge is 2.15. The Labute approximate surface area is 119 Å². The maximum absolute atomic E-state index is 13.6. The summed E-state index contributed by atoms with van der Waals surface area (Å²) in [5, 5.41) is 3.31. The van der Waals surface area contributed by atoms with Gasteiger partial charge in [-0.1, -0.05) is 12.1 Å². The molecular weight excluding hydrogens is 274 g/mol. The number of carbonyl (C=O) groups is 1. The molecule has 1 heterocycles. The summed E-state index contributed by atoms with van der Waals surface area (Å²) in [6.45, 7) is 0. The Morgan fingerprint density at radius 1 is 1.00 bits per heavy atom. The van der Waals surface area contributed by atoms with Crippen LogP contribution in [0.25, 0.3) is 10.9 Å². The lowest BCUT2D eigenvalue weighted by Gasteiger charge is -2.09. The molecule has 1 N–H and O–H groups in total. The van der Waals surface area contributed by atoms with E-state index in [0.29, 0.717) is 11.2 Å². The third kappa shape index (κ3) is 2.45. The SMILES string of the molecule is O=C(Nc1cccc2ncccc12)c1cccc(F)c1F. The topological polar surface area (TPSA) is 42.0 Å². The number of rotatable bonds is 2. The predicted molar refractivity (Wildman–Crippen MR) is 76.1 cm³/mol. The van der Waals surface area contributed by atoms with Gasteiger partial charge in [-0.05, 0) is 36.4 Å². The number of halogens is 2. The highest BCUT2D eigenvalue weighted by molar-refractivity contribution is 6.08. The number of fused-ring (bicyclic) bond motifs is 1. The van der Waals surface area contributed by atoms with Crippen molar-refractivity contribution >= 4 is 22.5 Å². The minimum Gasteiger partial charge on any atom is -0.321 e. The molecule has 3 aromatic rings. The zero-order chi connectivity index (χ0) is 14.8. The van der Waals surface area contributed by atoms with Gasteiger partial charge in [0.1, 0.15) is 0 Å². The van der Waals surface area contributed by atoms with Crippen molar-refractivity contribution in [2.75, 3.05) is 5.32 Å². The van der Waals surface area contributed by atoms with E-state index in [2.05, 4.69) is 10.3 Å². The number of nitrogens with one attached hydrogen (secondary N) is 1. The molecule has 0 saturated carbocycles. The van der Waals surface area contributed by atoms with E-state index >= 15 is 0 Å². The van der Waals surface area contributed by atoms with Gasteiger partial charge in [0.25, 0.3) is 5.91 Å². The summed E-state index contributed by atoms with van der Waals surface area (Å²) < 4.78 is 26.8. The van der Waals surface area contributed by atoms with Crippen LogP contribution in [-0.2, 0) is 0 Å². The van der Waals surface area contributed by atoms with Crippen LogP contribution in [0.15, 0.2) is 54.7 Å². The molecule has 5 heteroatoms. The molecule has 1 aromatic heterocycles. The Balaban J connectivity index is 1.99. The van der Waals surface area contributed by atoms with Gasteiger partial charge in [-0.2, -0.15) is 0 Å². The summed E-state index contributed by atoms with van der Waals surface area (Å²) in [4.78, 5) is 16.3. The molecular formula is C16H10F2N2O. The summed E-state index contributed by atoms with van der Waals surface area (Å²) >= 11 is 0. The first-order chi connectivity index (χ1) is 10.2. The van der Waals surface area contributed by atoms with Gasteiger partial charge in [-0.15, -0.1) is 0 Å². The van der Waals surface area contributed by atoms with Crippen molar-refractivity contribution in [2.24, 2.45) is 0 Å². The predicted octanol–water partition coefficient (Wildman–Crippen LogP) is 3.77. The van der Waals surface area contributed by atoms with Crippen molar-refractivity contribution in [1.29, 1.82) is 0 Å². The minimum atomic E-state index is -1.16. The smallest absolute Gasteiger partial charge is 0.258 e. The summed E-state index contributed by atoms with van der Waals surface area (Å²) in [5.41, 5.74) is 0.861. The van der Waals surface area contributed by atoms with E-state index in [0.717, 1.165) is 11.5 Å². The number of anilines is 1. The zero-order valence-electron chi connectivity index (χ0n) is 10.8. The standard InChI is InChI=1S/C16H10F2N2O/c17-12-6-1-4-11(15(12)18)16(21)20-14-8-2-7-13-10(14)5-3-9-19-13/h1-9H,(H,20,21). The Hall–Kier alpha value is -2.82. The largest absolute Gasteiger partial charge is 0.321 e. The van der Waals surface area contributed by atoms with Crippen LogP contribution in [0.4, 0.5) is 14.5 Å². The molecule has 0 radical (unpaired) electrons. The van der Waals surface area contributed by atoms with Crippen LogP contribution < -0.4 is 5.32 Å². The molecule has 0 fully saturated rings. The third-order valence-corrected chi connectivity index (χ3v) is 3.09. The van der Waals surface area contributed by atoms with E-state index in [4.69, 9.17) is 0 Å². The minimum absolute atomic E-state index is 0.337. The second-order valence-corrected chi connectivity index (χ2v) is 4.43. The number of aromatic nitrogens is 1. The lowest BCUT2D eigenvalue weighted by molar-refractivity contribution is 0.102. The quantitative estimate of drug-likeness (QED) is 0.778. The number of hydrogen-bond acceptors (Lipinski definition) is 2. The lowest BCUT2D eigenvalue weighted by atomic mass is 10.1. The van der Waals surface area contributed by atoms with Crippen molar-refractivity contribution in [3.05, 3.63) is 71.9 Å². The summed E-state index contributed by atoms with van der Waals surface area (Å²) in [6, 6.07) is 12.2. The average Bonchev–Trinajstić information content (AvgIpc) is 2.50. The van der Waals surface area contributed by atoms with Gasteiger partial charge in [-0.25, -0.2) is 8.78 Å². The number of benzene rings is 2. The Kier molecular flexibility index (Phi) is 3.31. The molecule has 3 nitrogen and oxygen atoms in total. The van der Waals surface area contributed by atoms with Crippen LogP contribution in [0.3, 0.4) is 0 Å².